The van der Waals surface area contributed by atoms with Gasteiger partial charge in [-0.15, -0.1) is 0 Å². The third kappa shape index (κ3) is 3.47. The fraction of sp³-hybridized carbons (Fsp3) is 0.333. The molecule has 3 rings (SSSR count). The maximum Gasteiger partial charge on any atom is 0.183 e. The number of hydrogen-bond acceptors (Lipinski definition) is 5. The fourth-order valence-corrected chi connectivity index (χ4v) is 2.59. The van der Waals surface area contributed by atoms with Crippen LogP contribution in [-0.4, -0.2) is 26.0 Å². The molecule has 3 aromatic heterocycles. The van der Waals surface area contributed by atoms with Crippen LogP contribution in [0.15, 0.2) is 24.7 Å². The number of halogens is 2. The van der Waals surface area contributed by atoms with Crippen molar-refractivity contribution < 1.29 is 8.78 Å². The van der Waals surface area contributed by atoms with Crippen molar-refractivity contribution in [2.75, 3.05) is 5.32 Å². The molecule has 26 heavy (non-hydrogen) atoms. The van der Waals surface area contributed by atoms with Gasteiger partial charge in [-0.1, -0.05) is 20.8 Å². The normalized spacial score (nSPS) is 12.8. The summed E-state index contributed by atoms with van der Waals surface area (Å²) in [5, 5.41) is 12.5. The van der Waals surface area contributed by atoms with E-state index in [9.17, 15) is 8.78 Å². The fourth-order valence-electron chi connectivity index (χ4n) is 2.59. The second-order valence-electron chi connectivity index (χ2n) is 7.07. The molecule has 8 heteroatoms. The molecule has 3 aromatic rings. The van der Waals surface area contributed by atoms with Gasteiger partial charge in [0.1, 0.15) is 11.5 Å². The monoisotopic (exact) mass is 356 g/mol. The number of H-pyrrole nitrogens is 1. The minimum atomic E-state index is -0.620. The van der Waals surface area contributed by atoms with E-state index in [-0.39, 0.29) is 29.5 Å². The molecule has 0 amide bonds. The predicted molar refractivity (Wildman–Crippen MR) is 94.1 cm³/mol. The highest BCUT2D eigenvalue weighted by atomic mass is 19.1. The highest BCUT2D eigenvalue weighted by molar-refractivity contribution is 5.91. The zero-order valence-corrected chi connectivity index (χ0v) is 14.6. The van der Waals surface area contributed by atoms with Crippen molar-refractivity contribution in [2.45, 2.75) is 33.2 Å². The van der Waals surface area contributed by atoms with Crippen LogP contribution >= 0.6 is 0 Å². The zero-order chi connectivity index (χ0) is 18.9. The first-order chi connectivity index (χ1) is 12.3. The lowest BCUT2D eigenvalue weighted by molar-refractivity contribution is 0.342. The third-order valence-corrected chi connectivity index (χ3v) is 4.13. The number of hydrogen-bond donors (Lipinski definition) is 2. The average Bonchev–Trinajstić information content (AvgIpc) is 2.98. The van der Waals surface area contributed by atoms with E-state index in [1.807, 2.05) is 20.8 Å². The Morgan fingerprint density at radius 2 is 2.04 bits per heavy atom. The number of aromatic nitrogens is 4. The van der Waals surface area contributed by atoms with Crippen LogP contribution in [0.3, 0.4) is 0 Å². The summed E-state index contributed by atoms with van der Waals surface area (Å²) in [5.74, 6) is -0.869. The summed E-state index contributed by atoms with van der Waals surface area (Å²) in [5.41, 5.74) is 0.727. The van der Waals surface area contributed by atoms with E-state index in [1.54, 1.807) is 6.20 Å². The molecule has 0 aliphatic carbocycles. The van der Waals surface area contributed by atoms with Gasteiger partial charge in [-0.3, -0.25) is 0 Å². The Balaban J connectivity index is 2.02. The average molecular weight is 356 g/mol. The standard InChI is InChI=1S/C18H18F2N6/c1-18(2,3)14(4-5-21)25-17-13(20)9-24-16(26-17)12-8-23-15-11(12)6-10(19)7-22-15/h6-9,14H,4H2,1-3H3,(H,22,23)(H,24,25,26). The Labute approximate surface area is 149 Å². The summed E-state index contributed by atoms with van der Waals surface area (Å²) >= 11 is 0. The van der Waals surface area contributed by atoms with Crippen LogP contribution in [0.1, 0.15) is 27.2 Å². The number of nitrogens with one attached hydrogen (secondary N) is 2. The Morgan fingerprint density at radius 1 is 1.27 bits per heavy atom. The predicted octanol–water partition coefficient (Wildman–Crippen LogP) is 4.04. The molecule has 0 aliphatic rings. The van der Waals surface area contributed by atoms with Gasteiger partial charge >= 0.3 is 0 Å². The van der Waals surface area contributed by atoms with Gasteiger partial charge in [0.2, 0.25) is 0 Å². The van der Waals surface area contributed by atoms with E-state index in [2.05, 4.69) is 31.3 Å². The molecule has 0 bridgehead atoms. The number of nitrogens with zero attached hydrogens (tertiary/aromatic N) is 4. The van der Waals surface area contributed by atoms with Gasteiger partial charge in [0, 0.05) is 23.2 Å². The third-order valence-electron chi connectivity index (χ3n) is 4.13. The smallest absolute Gasteiger partial charge is 0.183 e. The molecule has 0 fully saturated rings. The van der Waals surface area contributed by atoms with Crippen LogP contribution < -0.4 is 5.32 Å². The summed E-state index contributed by atoms with van der Waals surface area (Å²) < 4.78 is 27.7. The zero-order valence-electron chi connectivity index (χ0n) is 14.6. The molecule has 0 spiro atoms. The van der Waals surface area contributed by atoms with Gasteiger partial charge in [-0.25, -0.2) is 23.7 Å². The molecular formula is C18H18F2N6. The quantitative estimate of drug-likeness (QED) is 0.736. The molecule has 134 valence electrons. The molecule has 0 saturated heterocycles. The largest absolute Gasteiger partial charge is 0.363 e. The number of pyridine rings is 1. The van der Waals surface area contributed by atoms with Crippen LogP contribution in [-0.2, 0) is 0 Å². The van der Waals surface area contributed by atoms with E-state index in [0.717, 1.165) is 12.4 Å². The Morgan fingerprint density at radius 3 is 2.73 bits per heavy atom. The SMILES string of the molecule is CC(C)(C)C(CC#N)Nc1nc(-c2c[nH]c3ncc(F)cc23)ncc1F. The van der Waals surface area contributed by atoms with Crippen molar-refractivity contribution in [1.29, 1.82) is 5.26 Å². The van der Waals surface area contributed by atoms with Gasteiger partial charge in [0.25, 0.3) is 0 Å². The van der Waals surface area contributed by atoms with Crippen molar-refractivity contribution in [3.63, 3.8) is 0 Å². The van der Waals surface area contributed by atoms with E-state index < -0.39 is 11.6 Å². The van der Waals surface area contributed by atoms with Crippen LogP contribution in [0, 0.1) is 28.4 Å². The number of nitriles is 1. The molecule has 2 N–H and O–H groups in total. The van der Waals surface area contributed by atoms with Crippen LogP contribution in [0.5, 0.6) is 0 Å². The molecule has 0 saturated carbocycles. The summed E-state index contributed by atoms with van der Waals surface area (Å²) in [4.78, 5) is 15.1. The van der Waals surface area contributed by atoms with E-state index in [0.29, 0.717) is 16.6 Å². The molecule has 1 atom stereocenters. The lowest BCUT2D eigenvalue weighted by Gasteiger charge is -2.30. The van der Waals surface area contributed by atoms with Gasteiger partial charge < -0.3 is 10.3 Å². The Bertz CT molecular complexity index is 983. The second kappa shape index (κ2) is 6.67. The minimum Gasteiger partial charge on any atom is -0.363 e. The van der Waals surface area contributed by atoms with Crippen molar-refractivity contribution >= 4 is 16.9 Å². The van der Waals surface area contributed by atoms with Gasteiger partial charge in [-0.05, 0) is 11.5 Å². The van der Waals surface area contributed by atoms with Gasteiger partial charge in [0.05, 0.1) is 24.9 Å². The highest BCUT2D eigenvalue weighted by Gasteiger charge is 2.26. The van der Waals surface area contributed by atoms with Crippen LogP contribution in [0.25, 0.3) is 22.4 Å². The molecule has 6 nitrogen and oxygen atoms in total. The van der Waals surface area contributed by atoms with E-state index in [1.165, 1.54) is 6.07 Å². The number of anilines is 1. The Kier molecular flexibility index (Phi) is 4.55. The first-order valence-corrected chi connectivity index (χ1v) is 8.08. The van der Waals surface area contributed by atoms with Crippen molar-refractivity contribution in [3.05, 3.63) is 36.3 Å². The molecular weight excluding hydrogens is 338 g/mol. The molecule has 3 heterocycles. The van der Waals surface area contributed by atoms with Crippen molar-refractivity contribution in [1.82, 2.24) is 19.9 Å². The minimum absolute atomic E-state index is 0.00360. The lowest BCUT2D eigenvalue weighted by Crippen LogP contribution is -2.34. The highest BCUT2D eigenvalue weighted by Crippen LogP contribution is 2.29. The molecule has 0 radical (unpaired) electrons. The lowest BCUT2D eigenvalue weighted by atomic mass is 9.85. The number of rotatable bonds is 4. The van der Waals surface area contributed by atoms with Crippen LogP contribution in [0.4, 0.5) is 14.6 Å². The topological polar surface area (TPSA) is 90.3 Å². The second-order valence-corrected chi connectivity index (χ2v) is 7.07. The maximum absolute atomic E-state index is 14.2. The summed E-state index contributed by atoms with van der Waals surface area (Å²) in [6, 6.07) is 3.13. The first kappa shape index (κ1) is 17.7. The van der Waals surface area contributed by atoms with E-state index in [4.69, 9.17) is 5.26 Å². The van der Waals surface area contributed by atoms with Crippen molar-refractivity contribution in [2.24, 2.45) is 5.41 Å². The van der Waals surface area contributed by atoms with E-state index >= 15 is 0 Å². The first-order valence-electron chi connectivity index (χ1n) is 8.08. The van der Waals surface area contributed by atoms with Crippen molar-refractivity contribution in [3.8, 4) is 17.5 Å². The Hall–Kier alpha value is -3.08. The molecule has 0 aliphatic heterocycles. The summed E-state index contributed by atoms with van der Waals surface area (Å²) in [7, 11) is 0. The summed E-state index contributed by atoms with van der Waals surface area (Å²) in [6.45, 7) is 5.86. The maximum atomic E-state index is 14.2. The van der Waals surface area contributed by atoms with Crippen LogP contribution in [0.2, 0.25) is 0 Å². The number of aromatic amines is 1. The number of fused-ring (bicyclic) bond motifs is 1. The summed E-state index contributed by atoms with van der Waals surface area (Å²) in [6.07, 6.45) is 3.97. The molecule has 0 aromatic carbocycles. The molecule has 1 unspecified atom stereocenters. The van der Waals surface area contributed by atoms with Gasteiger partial charge in [0.15, 0.2) is 17.5 Å². The van der Waals surface area contributed by atoms with Gasteiger partial charge in [-0.2, -0.15) is 5.26 Å².